The van der Waals surface area contributed by atoms with Gasteiger partial charge >= 0.3 is 5.97 Å². The van der Waals surface area contributed by atoms with Crippen molar-refractivity contribution in [2.75, 3.05) is 13.2 Å². The molecule has 1 saturated carbocycles. The lowest BCUT2D eigenvalue weighted by molar-refractivity contribution is -0.135. The molecule has 2 aliphatic rings. The van der Waals surface area contributed by atoms with Gasteiger partial charge in [0, 0.05) is 24.7 Å². The lowest BCUT2D eigenvalue weighted by Gasteiger charge is -2.39. The molecule has 2 heterocycles. The van der Waals surface area contributed by atoms with Crippen LogP contribution >= 0.6 is 0 Å². The van der Waals surface area contributed by atoms with E-state index in [-0.39, 0.29) is 34.9 Å². The number of carbonyl (C=O) groups excluding carboxylic acids is 2. The predicted molar refractivity (Wildman–Crippen MR) is 90.3 cm³/mol. The summed E-state index contributed by atoms with van der Waals surface area (Å²) in [5.41, 5.74) is -0.375. The number of hydrogen-bond acceptors (Lipinski definition) is 5. The smallest absolute Gasteiger partial charge is 0.339 e. The molecule has 1 aromatic heterocycles. The number of pyridine rings is 1. The standard InChI is InChI=1S/C18H24N2O5/c1-17(2)6-12-7-18(3,9-17)10-20(12)15(23)8-25-16(24)11-4-13(21)19-14(22)5-11/h4-5,12H,6-10H2,1-3H3,(H2,19,21,22). The van der Waals surface area contributed by atoms with E-state index in [4.69, 9.17) is 4.74 Å². The van der Waals surface area contributed by atoms with Crippen LogP contribution in [0.25, 0.3) is 0 Å². The molecule has 2 N–H and O–H groups in total. The first-order valence-electron chi connectivity index (χ1n) is 8.47. The highest BCUT2D eigenvalue weighted by Crippen LogP contribution is 2.52. The second-order valence-electron chi connectivity index (χ2n) is 8.43. The van der Waals surface area contributed by atoms with Crippen molar-refractivity contribution >= 4 is 11.9 Å². The minimum absolute atomic E-state index is 0.0812. The molecule has 0 aromatic carbocycles. The van der Waals surface area contributed by atoms with Crippen LogP contribution in [-0.2, 0) is 9.53 Å². The highest BCUT2D eigenvalue weighted by molar-refractivity contribution is 5.91. The van der Waals surface area contributed by atoms with E-state index in [0.29, 0.717) is 6.54 Å². The van der Waals surface area contributed by atoms with Crippen LogP contribution in [0.15, 0.2) is 16.9 Å². The lowest BCUT2D eigenvalue weighted by atomic mass is 9.65. The number of aromatic nitrogens is 1. The van der Waals surface area contributed by atoms with Gasteiger partial charge in [-0.25, -0.2) is 4.79 Å². The van der Waals surface area contributed by atoms with Gasteiger partial charge in [-0.2, -0.15) is 0 Å². The number of likely N-dealkylation sites (tertiary alicyclic amines) is 1. The van der Waals surface area contributed by atoms with E-state index in [1.165, 1.54) is 0 Å². The van der Waals surface area contributed by atoms with E-state index in [2.05, 4.69) is 25.8 Å². The van der Waals surface area contributed by atoms with Gasteiger partial charge in [0.05, 0.1) is 5.56 Å². The van der Waals surface area contributed by atoms with E-state index in [0.717, 1.165) is 31.4 Å². The Bertz CT molecular complexity index is 769. The largest absolute Gasteiger partial charge is 0.494 e. The molecular formula is C18H24N2O5. The zero-order valence-electron chi connectivity index (χ0n) is 14.8. The monoisotopic (exact) mass is 348 g/mol. The number of esters is 1. The summed E-state index contributed by atoms with van der Waals surface area (Å²) in [6.07, 6.45) is 3.01. The molecule has 0 spiro atoms. The average molecular weight is 348 g/mol. The normalized spacial score (nSPS) is 27.2. The van der Waals surface area contributed by atoms with Gasteiger partial charge in [0.1, 0.15) is 0 Å². The van der Waals surface area contributed by atoms with Crippen LogP contribution in [0.4, 0.5) is 0 Å². The summed E-state index contributed by atoms with van der Waals surface area (Å²) in [5, 5.41) is 9.33. The predicted octanol–water partition coefficient (Wildman–Crippen LogP) is 1.66. The molecule has 2 unspecified atom stereocenters. The molecule has 2 atom stereocenters. The zero-order chi connectivity index (χ0) is 18.4. The van der Waals surface area contributed by atoms with E-state index >= 15 is 0 Å². The Morgan fingerprint density at radius 1 is 1.32 bits per heavy atom. The number of carbonyl (C=O) groups is 2. The fraction of sp³-hybridized carbons (Fsp3) is 0.611. The van der Waals surface area contributed by atoms with Gasteiger partial charge in [-0.15, -0.1) is 0 Å². The highest BCUT2D eigenvalue weighted by atomic mass is 16.5. The van der Waals surface area contributed by atoms with Crippen LogP contribution < -0.4 is 5.56 Å². The fourth-order valence-corrected chi connectivity index (χ4v) is 4.69. The van der Waals surface area contributed by atoms with Crippen molar-refractivity contribution in [3.8, 4) is 5.88 Å². The van der Waals surface area contributed by atoms with Crippen LogP contribution in [-0.4, -0.2) is 46.1 Å². The summed E-state index contributed by atoms with van der Waals surface area (Å²) in [6, 6.07) is 2.31. The zero-order valence-corrected chi connectivity index (χ0v) is 14.8. The molecule has 1 amide bonds. The van der Waals surface area contributed by atoms with Gasteiger partial charge in [-0.1, -0.05) is 20.8 Å². The van der Waals surface area contributed by atoms with Crippen LogP contribution in [0.1, 0.15) is 50.4 Å². The molecule has 136 valence electrons. The van der Waals surface area contributed by atoms with Crippen molar-refractivity contribution in [2.45, 2.75) is 46.1 Å². The fourth-order valence-electron chi connectivity index (χ4n) is 4.69. The number of nitrogens with one attached hydrogen (secondary N) is 1. The van der Waals surface area contributed by atoms with Crippen LogP contribution in [0.2, 0.25) is 0 Å². The Labute approximate surface area is 146 Å². The molecule has 2 fully saturated rings. The second kappa shape index (κ2) is 5.89. The number of rotatable bonds is 3. The van der Waals surface area contributed by atoms with Crippen LogP contribution in [0.3, 0.4) is 0 Å². The summed E-state index contributed by atoms with van der Waals surface area (Å²) in [4.78, 5) is 39.8. The Morgan fingerprint density at radius 2 is 2.04 bits per heavy atom. The third-order valence-electron chi connectivity index (χ3n) is 5.13. The minimum atomic E-state index is -0.802. The highest BCUT2D eigenvalue weighted by Gasteiger charge is 2.50. The van der Waals surface area contributed by atoms with Crippen molar-refractivity contribution in [3.63, 3.8) is 0 Å². The second-order valence-corrected chi connectivity index (χ2v) is 8.43. The van der Waals surface area contributed by atoms with Crippen molar-refractivity contribution in [1.29, 1.82) is 0 Å². The number of amides is 1. The van der Waals surface area contributed by atoms with Gasteiger partial charge in [-0.3, -0.25) is 14.6 Å². The number of fused-ring (bicyclic) bond motifs is 2. The molecule has 1 aliphatic carbocycles. The number of H-pyrrole nitrogens is 1. The Kier molecular flexibility index (Phi) is 4.13. The van der Waals surface area contributed by atoms with E-state index in [1.54, 1.807) is 0 Å². The molecule has 1 aliphatic heterocycles. The van der Waals surface area contributed by atoms with Gasteiger partial charge in [0.2, 0.25) is 0 Å². The van der Waals surface area contributed by atoms with Crippen molar-refractivity contribution in [2.24, 2.45) is 10.8 Å². The van der Waals surface area contributed by atoms with Crippen LogP contribution in [0.5, 0.6) is 5.88 Å². The maximum Gasteiger partial charge on any atom is 0.339 e. The first kappa shape index (κ1) is 17.5. The molecular weight excluding hydrogens is 324 g/mol. The Balaban J connectivity index is 1.63. The Morgan fingerprint density at radius 3 is 2.72 bits per heavy atom. The van der Waals surface area contributed by atoms with Crippen molar-refractivity contribution in [1.82, 2.24) is 9.88 Å². The maximum atomic E-state index is 12.5. The summed E-state index contributed by atoms with van der Waals surface area (Å²) in [6.45, 7) is 6.98. The van der Waals surface area contributed by atoms with Crippen molar-refractivity contribution < 1.29 is 19.4 Å². The van der Waals surface area contributed by atoms with E-state index in [1.807, 2.05) is 4.90 Å². The molecule has 1 aromatic rings. The molecule has 7 heteroatoms. The molecule has 25 heavy (non-hydrogen) atoms. The topological polar surface area (TPSA) is 99.7 Å². The minimum Gasteiger partial charge on any atom is -0.494 e. The average Bonchev–Trinajstić information content (AvgIpc) is 2.72. The molecule has 7 nitrogen and oxygen atoms in total. The summed E-state index contributed by atoms with van der Waals surface area (Å²) in [5.74, 6) is -1.44. The maximum absolute atomic E-state index is 12.5. The number of aromatic hydroxyl groups is 1. The molecule has 1 saturated heterocycles. The van der Waals surface area contributed by atoms with Crippen molar-refractivity contribution in [3.05, 3.63) is 28.0 Å². The van der Waals surface area contributed by atoms with Crippen LogP contribution in [0, 0.1) is 10.8 Å². The van der Waals surface area contributed by atoms with Gasteiger partial charge in [0.25, 0.3) is 11.5 Å². The quantitative estimate of drug-likeness (QED) is 0.809. The van der Waals surface area contributed by atoms with E-state index < -0.39 is 17.4 Å². The number of nitrogens with zero attached hydrogens (tertiary/aromatic N) is 1. The van der Waals surface area contributed by atoms with Gasteiger partial charge in [0.15, 0.2) is 12.5 Å². The molecule has 3 rings (SSSR count). The molecule has 0 radical (unpaired) electrons. The third kappa shape index (κ3) is 3.70. The number of ether oxygens (including phenoxy) is 1. The first-order valence-corrected chi connectivity index (χ1v) is 8.47. The summed E-state index contributed by atoms with van der Waals surface area (Å²) < 4.78 is 5.05. The van der Waals surface area contributed by atoms with E-state index in [9.17, 15) is 19.5 Å². The summed E-state index contributed by atoms with van der Waals surface area (Å²) in [7, 11) is 0. The lowest BCUT2D eigenvalue weighted by Crippen LogP contribution is -2.39. The number of aromatic amines is 1. The number of hydrogen-bond donors (Lipinski definition) is 2. The Hall–Kier alpha value is -2.31. The van der Waals surface area contributed by atoms with Gasteiger partial charge in [-0.05, 0) is 30.1 Å². The SMILES string of the molecule is CC1(C)CC2CC(C)(CN2C(=O)COC(=O)c2cc(O)[nH]c(=O)c2)C1. The summed E-state index contributed by atoms with van der Waals surface area (Å²) >= 11 is 0. The molecule has 2 bridgehead atoms. The first-order chi connectivity index (χ1) is 11.6. The van der Waals surface area contributed by atoms with Gasteiger partial charge < -0.3 is 14.7 Å². The third-order valence-corrected chi connectivity index (χ3v) is 5.13.